The van der Waals surface area contributed by atoms with Crippen molar-refractivity contribution >= 4 is 5.91 Å². The van der Waals surface area contributed by atoms with Crippen molar-refractivity contribution < 1.29 is 4.79 Å². The van der Waals surface area contributed by atoms with Gasteiger partial charge in [-0.25, -0.2) is 0 Å². The predicted molar refractivity (Wildman–Crippen MR) is 46.7 cm³/mol. The number of nitrogens with two attached hydrogens (primary N) is 1. The van der Waals surface area contributed by atoms with Crippen LogP contribution in [0.25, 0.3) is 0 Å². The first-order valence-corrected chi connectivity index (χ1v) is 3.98. The lowest BCUT2D eigenvalue weighted by molar-refractivity contribution is -0.125. The molecule has 0 aliphatic heterocycles. The van der Waals surface area contributed by atoms with Crippen LogP contribution in [0.5, 0.6) is 0 Å². The molecule has 0 heterocycles. The van der Waals surface area contributed by atoms with E-state index in [1.807, 2.05) is 20.8 Å². The van der Waals surface area contributed by atoms with Crippen LogP contribution < -0.4 is 5.73 Å². The number of hydrogen-bond donors (Lipinski definition) is 1. The van der Waals surface area contributed by atoms with E-state index in [2.05, 4.69) is 6.92 Å². The minimum atomic E-state index is -0.207. The van der Waals surface area contributed by atoms with Gasteiger partial charge in [0.25, 0.3) is 0 Å². The highest BCUT2D eigenvalue weighted by molar-refractivity contribution is 5.77. The topological polar surface area (TPSA) is 43.1 Å². The molecule has 2 heteroatoms. The lowest BCUT2D eigenvalue weighted by Gasteiger charge is -2.27. The number of primary amides is 1. The Bertz CT molecular complexity index is 135. The van der Waals surface area contributed by atoms with E-state index < -0.39 is 0 Å². The van der Waals surface area contributed by atoms with Crippen LogP contribution in [0.1, 0.15) is 33.6 Å². The van der Waals surface area contributed by atoms with E-state index in [9.17, 15) is 4.79 Å². The van der Waals surface area contributed by atoms with Gasteiger partial charge >= 0.3 is 0 Å². The average Bonchev–Trinajstić information content (AvgIpc) is 1.79. The lowest BCUT2D eigenvalue weighted by atomic mass is 9.78. The van der Waals surface area contributed by atoms with Crippen LogP contribution in [-0.4, -0.2) is 5.91 Å². The van der Waals surface area contributed by atoms with E-state index in [0.29, 0.717) is 0 Å². The third-order valence-corrected chi connectivity index (χ3v) is 1.88. The molecular weight excluding hydrogens is 138 g/mol. The highest BCUT2D eigenvalue weighted by Gasteiger charge is 2.28. The van der Waals surface area contributed by atoms with E-state index in [1.54, 1.807) is 0 Å². The second-order valence-corrected chi connectivity index (χ2v) is 3.96. The summed E-state index contributed by atoms with van der Waals surface area (Å²) in [5, 5.41) is 0. The van der Waals surface area contributed by atoms with Crippen molar-refractivity contribution in [3.63, 3.8) is 0 Å². The Morgan fingerprint density at radius 1 is 1.55 bits per heavy atom. The van der Waals surface area contributed by atoms with E-state index in [1.165, 1.54) is 0 Å². The molecule has 2 nitrogen and oxygen atoms in total. The fourth-order valence-corrected chi connectivity index (χ4v) is 1.21. The second-order valence-electron chi connectivity index (χ2n) is 3.96. The van der Waals surface area contributed by atoms with Crippen LogP contribution in [0.2, 0.25) is 0 Å². The standard InChI is InChI=1S/C9H18NO/c1-5-6-7(8(10)11)9(2,3)4/h7H,1,5-6H2,2-4H3,(H2,10,11). The van der Waals surface area contributed by atoms with Crippen LogP contribution in [0.4, 0.5) is 0 Å². The van der Waals surface area contributed by atoms with Crippen molar-refractivity contribution in [2.75, 3.05) is 0 Å². The Morgan fingerprint density at radius 2 is 2.00 bits per heavy atom. The molecule has 1 radical (unpaired) electrons. The number of carbonyl (C=O) groups is 1. The summed E-state index contributed by atoms with van der Waals surface area (Å²) in [5.74, 6) is -0.249. The summed E-state index contributed by atoms with van der Waals surface area (Å²) in [4.78, 5) is 10.9. The predicted octanol–water partition coefficient (Wildman–Crippen LogP) is 1.75. The Labute approximate surface area is 69.2 Å². The van der Waals surface area contributed by atoms with Gasteiger partial charge in [-0.05, 0) is 11.8 Å². The van der Waals surface area contributed by atoms with Gasteiger partial charge in [0.1, 0.15) is 0 Å². The molecule has 11 heavy (non-hydrogen) atoms. The summed E-state index contributed by atoms with van der Waals surface area (Å²) in [5.41, 5.74) is 5.22. The number of hydrogen-bond acceptors (Lipinski definition) is 1. The summed E-state index contributed by atoms with van der Waals surface area (Å²) in [6.45, 7) is 9.79. The SMILES string of the molecule is [CH2]CCC(C(N)=O)C(C)(C)C. The smallest absolute Gasteiger partial charge is 0.221 e. The third-order valence-electron chi connectivity index (χ3n) is 1.88. The zero-order chi connectivity index (χ0) is 9.07. The molecule has 0 saturated carbocycles. The van der Waals surface area contributed by atoms with E-state index in [-0.39, 0.29) is 17.2 Å². The van der Waals surface area contributed by atoms with Gasteiger partial charge in [0.15, 0.2) is 0 Å². The van der Waals surface area contributed by atoms with Gasteiger partial charge in [0.05, 0.1) is 0 Å². The fraction of sp³-hybridized carbons (Fsp3) is 0.778. The largest absolute Gasteiger partial charge is 0.369 e. The Morgan fingerprint density at radius 3 is 2.09 bits per heavy atom. The first kappa shape index (κ1) is 10.5. The number of rotatable bonds is 3. The highest BCUT2D eigenvalue weighted by atomic mass is 16.1. The second kappa shape index (κ2) is 3.74. The fourth-order valence-electron chi connectivity index (χ4n) is 1.21. The van der Waals surface area contributed by atoms with E-state index in [4.69, 9.17) is 5.73 Å². The summed E-state index contributed by atoms with van der Waals surface area (Å²) in [6, 6.07) is 0. The molecule has 0 bridgehead atoms. The quantitative estimate of drug-likeness (QED) is 0.664. The molecule has 0 saturated heterocycles. The molecule has 0 aliphatic carbocycles. The van der Waals surface area contributed by atoms with Crippen LogP contribution in [-0.2, 0) is 4.79 Å². The first-order chi connectivity index (χ1) is 4.89. The maximum Gasteiger partial charge on any atom is 0.221 e. The van der Waals surface area contributed by atoms with Gasteiger partial charge in [-0.2, -0.15) is 0 Å². The summed E-state index contributed by atoms with van der Waals surface area (Å²) in [7, 11) is 0. The molecule has 1 atom stereocenters. The number of amides is 1. The molecule has 0 aromatic rings. The van der Waals surface area contributed by atoms with E-state index in [0.717, 1.165) is 12.8 Å². The molecule has 0 aromatic carbocycles. The van der Waals surface area contributed by atoms with Crippen LogP contribution in [0, 0.1) is 18.3 Å². The van der Waals surface area contributed by atoms with Crippen molar-refractivity contribution in [3.8, 4) is 0 Å². The lowest BCUT2D eigenvalue weighted by Crippen LogP contribution is -2.33. The minimum Gasteiger partial charge on any atom is -0.369 e. The van der Waals surface area contributed by atoms with Gasteiger partial charge in [0, 0.05) is 5.92 Å². The Kier molecular flexibility index (Phi) is 3.56. The van der Waals surface area contributed by atoms with Gasteiger partial charge in [0.2, 0.25) is 5.91 Å². The van der Waals surface area contributed by atoms with Crippen LogP contribution in [0.15, 0.2) is 0 Å². The molecule has 0 aliphatic rings. The molecule has 0 rings (SSSR count). The molecular formula is C9H18NO. The third kappa shape index (κ3) is 3.40. The van der Waals surface area contributed by atoms with Crippen molar-refractivity contribution in [3.05, 3.63) is 6.92 Å². The molecule has 1 amide bonds. The van der Waals surface area contributed by atoms with E-state index >= 15 is 0 Å². The first-order valence-electron chi connectivity index (χ1n) is 3.98. The minimum absolute atomic E-state index is 0.0243. The molecule has 0 spiro atoms. The number of carbonyl (C=O) groups excluding carboxylic acids is 1. The average molecular weight is 156 g/mol. The maximum atomic E-state index is 10.9. The van der Waals surface area contributed by atoms with Gasteiger partial charge in [-0.1, -0.05) is 34.1 Å². The van der Waals surface area contributed by atoms with Crippen molar-refractivity contribution in [1.82, 2.24) is 0 Å². The Hall–Kier alpha value is -0.530. The zero-order valence-corrected chi connectivity index (χ0v) is 7.68. The summed E-state index contributed by atoms with van der Waals surface area (Å²) < 4.78 is 0. The van der Waals surface area contributed by atoms with Gasteiger partial charge in [-0.3, -0.25) is 4.79 Å². The zero-order valence-electron chi connectivity index (χ0n) is 7.68. The van der Waals surface area contributed by atoms with Crippen molar-refractivity contribution in [2.24, 2.45) is 17.1 Å². The highest BCUT2D eigenvalue weighted by Crippen LogP contribution is 2.28. The summed E-state index contributed by atoms with van der Waals surface area (Å²) >= 11 is 0. The summed E-state index contributed by atoms with van der Waals surface area (Å²) in [6.07, 6.45) is 1.56. The van der Waals surface area contributed by atoms with Gasteiger partial charge < -0.3 is 5.73 Å². The van der Waals surface area contributed by atoms with Crippen LogP contribution >= 0.6 is 0 Å². The normalized spacial score (nSPS) is 14.5. The Balaban J connectivity index is 4.22. The maximum absolute atomic E-state index is 10.9. The molecule has 0 aromatic heterocycles. The molecule has 65 valence electrons. The van der Waals surface area contributed by atoms with Crippen molar-refractivity contribution in [1.29, 1.82) is 0 Å². The molecule has 2 N–H and O–H groups in total. The van der Waals surface area contributed by atoms with Crippen LogP contribution in [0.3, 0.4) is 0 Å². The van der Waals surface area contributed by atoms with Gasteiger partial charge in [-0.15, -0.1) is 0 Å². The molecule has 1 unspecified atom stereocenters. The van der Waals surface area contributed by atoms with Crippen molar-refractivity contribution in [2.45, 2.75) is 33.6 Å². The molecule has 0 fully saturated rings. The monoisotopic (exact) mass is 156 g/mol.